The first-order chi connectivity index (χ1) is 21.3. The Hall–Kier alpha value is -0.790. The highest BCUT2D eigenvalue weighted by atomic mass is 15.1. The molecule has 1 heterocycles. The zero-order valence-corrected chi connectivity index (χ0v) is 30.3. The zero-order chi connectivity index (χ0) is 30.9. The molecule has 43 heavy (non-hydrogen) atoms. The van der Waals surface area contributed by atoms with Gasteiger partial charge < -0.3 is 0 Å². The SMILES string of the molecule is CCCCCCCCCCCCCCCCCc1n(CCCCCCCCCCCCCCCC)cc[n+]1CCCCC. The minimum atomic E-state index is 1.22. The highest BCUT2D eigenvalue weighted by Crippen LogP contribution is 2.16. The first-order valence-corrected chi connectivity index (χ1v) is 20.4. The van der Waals surface area contributed by atoms with Crippen LogP contribution in [-0.4, -0.2) is 4.57 Å². The summed E-state index contributed by atoms with van der Waals surface area (Å²) < 4.78 is 5.22. The first-order valence-electron chi connectivity index (χ1n) is 20.4. The molecule has 0 bridgehead atoms. The van der Waals surface area contributed by atoms with Crippen LogP contribution in [0.15, 0.2) is 12.4 Å². The van der Waals surface area contributed by atoms with Crippen molar-refractivity contribution in [2.24, 2.45) is 0 Å². The van der Waals surface area contributed by atoms with Gasteiger partial charge in [-0.15, -0.1) is 0 Å². The van der Waals surface area contributed by atoms with Crippen LogP contribution in [-0.2, 0) is 19.5 Å². The lowest BCUT2D eigenvalue weighted by Crippen LogP contribution is -2.37. The Morgan fingerprint density at radius 1 is 0.395 bits per heavy atom. The second kappa shape index (κ2) is 32.6. The minimum absolute atomic E-state index is 1.22. The number of imidazole rings is 1. The van der Waals surface area contributed by atoms with Crippen molar-refractivity contribution in [3.63, 3.8) is 0 Å². The Bertz CT molecular complexity index is 663. The van der Waals surface area contributed by atoms with Gasteiger partial charge in [0.05, 0.1) is 13.1 Å². The van der Waals surface area contributed by atoms with Gasteiger partial charge in [-0.3, -0.25) is 0 Å². The number of unbranched alkanes of at least 4 members (excludes halogenated alkanes) is 29. The van der Waals surface area contributed by atoms with Crippen LogP contribution in [0.3, 0.4) is 0 Å². The molecule has 0 aliphatic carbocycles. The van der Waals surface area contributed by atoms with E-state index in [0.717, 1.165) is 0 Å². The molecule has 0 radical (unpaired) electrons. The monoisotopic (exact) mass is 602 g/mol. The van der Waals surface area contributed by atoms with Crippen LogP contribution >= 0.6 is 0 Å². The van der Waals surface area contributed by atoms with Crippen LogP contribution in [0, 0.1) is 0 Å². The molecule has 0 spiro atoms. The maximum atomic E-state index is 2.62. The highest BCUT2D eigenvalue weighted by Gasteiger charge is 2.16. The summed E-state index contributed by atoms with van der Waals surface area (Å²) in [6.07, 6.45) is 51.9. The van der Waals surface area contributed by atoms with Crippen LogP contribution in [0.2, 0.25) is 0 Å². The van der Waals surface area contributed by atoms with Crippen molar-refractivity contribution in [1.82, 2.24) is 4.57 Å². The molecule has 0 saturated heterocycles. The summed E-state index contributed by atoms with van der Waals surface area (Å²) in [7, 11) is 0. The van der Waals surface area contributed by atoms with Gasteiger partial charge in [-0.1, -0.05) is 194 Å². The van der Waals surface area contributed by atoms with E-state index >= 15 is 0 Å². The Balaban J connectivity index is 2.12. The minimum Gasteiger partial charge on any atom is -0.234 e. The van der Waals surface area contributed by atoms with E-state index in [1.807, 2.05) is 0 Å². The standard InChI is InChI=1S/C41H81N2/c1-4-7-10-12-14-16-18-20-22-23-25-27-29-31-33-36-41-42(37-34-9-6-3)39-40-43(41)38-35-32-30-28-26-24-21-19-17-15-13-11-8-5-2/h39-40H,4-38H2,1-3H3/q+1. The maximum absolute atomic E-state index is 2.62. The summed E-state index contributed by atoms with van der Waals surface area (Å²) in [5.74, 6) is 1.61. The van der Waals surface area contributed by atoms with E-state index in [4.69, 9.17) is 0 Å². The van der Waals surface area contributed by atoms with Crippen molar-refractivity contribution < 1.29 is 4.57 Å². The van der Waals surface area contributed by atoms with Crippen LogP contribution in [0.5, 0.6) is 0 Å². The molecule has 2 nitrogen and oxygen atoms in total. The first kappa shape index (κ1) is 40.2. The van der Waals surface area contributed by atoms with Gasteiger partial charge in [0, 0.05) is 6.42 Å². The second-order valence-electron chi connectivity index (χ2n) is 14.1. The van der Waals surface area contributed by atoms with Gasteiger partial charge in [0.15, 0.2) is 0 Å². The fourth-order valence-electron chi connectivity index (χ4n) is 6.86. The summed E-state index contributed by atoms with van der Waals surface area (Å²) in [5.41, 5.74) is 0. The van der Waals surface area contributed by atoms with E-state index in [1.165, 1.54) is 225 Å². The second-order valence-corrected chi connectivity index (χ2v) is 14.1. The Morgan fingerprint density at radius 3 is 1.12 bits per heavy atom. The van der Waals surface area contributed by atoms with E-state index in [9.17, 15) is 0 Å². The summed E-state index contributed by atoms with van der Waals surface area (Å²) >= 11 is 0. The molecule has 1 aromatic rings. The Labute approximate surface area is 272 Å². The molecule has 2 heteroatoms. The predicted molar refractivity (Wildman–Crippen MR) is 193 cm³/mol. The predicted octanol–water partition coefficient (Wildman–Crippen LogP) is 13.9. The third-order valence-electron chi connectivity index (χ3n) is 9.85. The van der Waals surface area contributed by atoms with Gasteiger partial charge in [-0.25, -0.2) is 9.13 Å². The Morgan fingerprint density at radius 2 is 0.721 bits per heavy atom. The Kier molecular flexibility index (Phi) is 30.5. The van der Waals surface area contributed by atoms with Gasteiger partial charge >= 0.3 is 0 Å². The molecule has 0 aliphatic heterocycles. The average Bonchev–Trinajstić information content (AvgIpc) is 3.40. The molecule has 0 fully saturated rings. The summed E-state index contributed by atoms with van der Waals surface area (Å²) in [6.45, 7) is 9.39. The summed E-state index contributed by atoms with van der Waals surface area (Å²) in [5, 5.41) is 0. The molecule has 0 amide bonds. The molecular weight excluding hydrogens is 520 g/mol. The molecule has 0 aromatic carbocycles. The third-order valence-corrected chi connectivity index (χ3v) is 9.85. The molecule has 1 rings (SSSR count). The topological polar surface area (TPSA) is 8.81 Å². The van der Waals surface area contributed by atoms with Crippen molar-refractivity contribution in [3.8, 4) is 0 Å². The smallest absolute Gasteiger partial charge is 0.234 e. The average molecular weight is 602 g/mol. The van der Waals surface area contributed by atoms with Gasteiger partial charge in [-0.05, 0) is 32.1 Å². The van der Waals surface area contributed by atoms with Crippen LogP contribution in [0.25, 0.3) is 0 Å². The van der Waals surface area contributed by atoms with Gasteiger partial charge in [-0.2, -0.15) is 0 Å². The molecule has 0 saturated carbocycles. The molecule has 0 N–H and O–H groups in total. The highest BCUT2D eigenvalue weighted by molar-refractivity contribution is 4.84. The number of hydrogen-bond donors (Lipinski definition) is 0. The van der Waals surface area contributed by atoms with E-state index in [0.29, 0.717) is 0 Å². The molecule has 254 valence electrons. The van der Waals surface area contributed by atoms with Crippen molar-refractivity contribution in [2.45, 2.75) is 246 Å². The van der Waals surface area contributed by atoms with Crippen molar-refractivity contribution in [2.75, 3.05) is 0 Å². The van der Waals surface area contributed by atoms with Crippen molar-refractivity contribution in [3.05, 3.63) is 18.2 Å². The number of aryl methyl sites for hydroxylation is 2. The van der Waals surface area contributed by atoms with Gasteiger partial charge in [0.1, 0.15) is 12.4 Å². The number of aromatic nitrogens is 2. The number of hydrogen-bond acceptors (Lipinski definition) is 0. The number of rotatable bonds is 35. The van der Waals surface area contributed by atoms with Crippen LogP contribution < -0.4 is 4.57 Å². The fourth-order valence-corrected chi connectivity index (χ4v) is 6.86. The van der Waals surface area contributed by atoms with E-state index in [-0.39, 0.29) is 0 Å². The lowest BCUT2D eigenvalue weighted by atomic mass is 10.0. The van der Waals surface area contributed by atoms with E-state index in [2.05, 4.69) is 42.3 Å². The van der Waals surface area contributed by atoms with E-state index < -0.39 is 0 Å². The van der Waals surface area contributed by atoms with Gasteiger partial charge in [0.2, 0.25) is 0 Å². The normalized spacial score (nSPS) is 11.6. The van der Waals surface area contributed by atoms with Crippen molar-refractivity contribution in [1.29, 1.82) is 0 Å². The molecular formula is C41H81N2+. The van der Waals surface area contributed by atoms with Gasteiger partial charge in [0.25, 0.3) is 5.82 Å². The molecule has 1 aromatic heterocycles. The van der Waals surface area contributed by atoms with Crippen LogP contribution in [0.1, 0.15) is 232 Å². The largest absolute Gasteiger partial charge is 0.256 e. The lowest BCUT2D eigenvalue weighted by Gasteiger charge is -2.07. The quantitative estimate of drug-likeness (QED) is 0.0540. The zero-order valence-electron chi connectivity index (χ0n) is 30.3. The molecule has 0 unspecified atom stereocenters. The maximum Gasteiger partial charge on any atom is 0.256 e. The van der Waals surface area contributed by atoms with E-state index in [1.54, 1.807) is 5.82 Å². The lowest BCUT2D eigenvalue weighted by molar-refractivity contribution is -0.704. The van der Waals surface area contributed by atoms with Crippen molar-refractivity contribution >= 4 is 0 Å². The summed E-state index contributed by atoms with van der Waals surface area (Å²) in [6, 6.07) is 0. The fraction of sp³-hybridized carbons (Fsp3) is 0.927. The molecule has 0 atom stereocenters. The summed E-state index contributed by atoms with van der Waals surface area (Å²) in [4.78, 5) is 0. The molecule has 0 aliphatic rings. The van der Waals surface area contributed by atoms with Crippen LogP contribution in [0.4, 0.5) is 0 Å². The third kappa shape index (κ3) is 25.1. The number of nitrogens with zero attached hydrogens (tertiary/aromatic N) is 2.